The minimum absolute atomic E-state index is 0.0444. The number of hydrogen-bond donors (Lipinski definition) is 1. The van der Waals surface area contributed by atoms with Crippen LogP contribution in [0.15, 0.2) is 9.91 Å². The second-order valence-corrected chi connectivity index (χ2v) is 3.89. The lowest BCUT2D eigenvalue weighted by atomic mass is 10.3. The summed E-state index contributed by atoms with van der Waals surface area (Å²) >= 11 is 7.76. The van der Waals surface area contributed by atoms with Gasteiger partial charge in [0.15, 0.2) is 0 Å². The maximum atomic E-state index is 13.1. The number of fused-ring (bicyclic) bond motifs is 1. The lowest BCUT2D eigenvalue weighted by molar-refractivity contribution is 0.421. The molecule has 62 valence electrons. The highest BCUT2D eigenvalue weighted by molar-refractivity contribution is 14.1. The Balaban J connectivity index is 2.18. The van der Waals surface area contributed by atoms with Gasteiger partial charge in [0.2, 0.25) is 0 Å². The van der Waals surface area contributed by atoms with Gasteiger partial charge in [-0.3, -0.25) is 10.2 Å². The first kappa shape index (κ1) is 8.22. The second-order valence-electron chi connectivity index (χ2n) is 2.76. The van der Waals surface area contributed by atoms with Crippen LogP contribution in [0.1, 0.15) is 0 Å². The third-order valence-electron chi connectivity index (χ3n) is 2.18. The molecule has 0 aromatic carbocycles. The average molecular weight is 288 g/mol. The van der Waals surface area contributed by atoms with Gasteiger partial charge in [-0.05, 0) is 0 Å². The van der Waals surface area contributed by atoms with E-state index in [0.29, 0.717) is 13.1 Å². The van der Waals surface area contributed by atoms with Gasteiger partial charge < -0.3 is 0 Å². The first-order valence-corrected chi connectivity index (χ1v) is 5.01. The topological polar surface area (TPSA) is 15.0 Å². The van der Waals surface area contributed by atoms with Crippen molar-refractivity contribution >= 4 is 34.2 Å². The summed E-state index contributed by atoms with van der Waals surface area (Å²) in [6.45, 7) is 1.37. The zero-order chi connectivity index (χ0) is 8.06. The quantitative estimate of drug-likeness (QED) is 0.340. The van der Waals surface area contributed by atoms with Crippen molar-refractivity contribution in [1.29, 1.82) is 0 Å². The van der Waals surface area contributed by atoms with Gasteiger partial charge in [-0.15, -0.1) is 11.6 Å². The number of hydrogen-bond acceptors (Lipinski definition) is 2. The Morgan fingerprint density at radius 3 is 3.00 bits per heavy atom. The predicted octanol–water partition coefficient (Wildman–Crippen LogP) is 1.41. The van der Waals surface area contributed by atoms with Crippen molar-refractivity contribution < 1.29 is 4.39 Å². The van der Waals surface area contributed by atoms with Gasteiger partial charge in [-0.2, -0.15) is 0 Å². The van der Waals surface area contributed by atoms with E-state index in [9.17, 15) is 4.39 Å². The van der Waals surface area contributed by atoms with Crippen molar-refractivity contribution in [1.82, 2.24) is 10.2 Å². The number of halogens is 3. The highest BCUT2D eigenvalue weighted by Gasteiger charge is 2.62. The summed E-state index contributed by atoms with van der Waals surface area (Å²) in [5.74, 6) is -0.124. The Labute approximate surface area is 82.9 Å². The molecular weight excluding hydrogens is 281 g/mol. The number of nitrogens with zero attached hydrogens (tertiary/aromatic N) is 1. The minimum atomic E-state index is -0.520. The minimum Gasteiger partial charge on any atom is -0.289 e. The van der Waals surface area contributed by atoms with E-state index in [4.69, 9.17) is 11.6 Å². The van der Waals surface area contributed by atoms with Crippen molar-refractivity contribution in [3.8, 4) is 0 Å². The maximum absolute atomic E-state index is 13.1. The van der Waals surface area contributed by atoms with Gasteiger partial charge in [-0.25, -0.2) is 4.39 Å². The van der Waals surface area contributed by atoms with Gasteiger partial charge in [0.25, 0.3) is 0 Å². The van der Waals surface area contributed by atoms with Crippen LogP contribution in [0.25, 0.3) is 0 Å². The highest BCUT2D eigenvalue weighted by Crippen LogP contribution is 2.44. The van der Waals surface area contributed by atoms with E-state index in [1.54, 1.807) is 0 Å². The molecule has 0 saturated carbocycles. The monoisotopic (exact) mass is 288 g/mol. The molecule has 3 unspecified atom stereocenters. The molecular formula is C6H7ClFIN2. The molecule has 0 amide bonds. The first-order chi connectivity index (χ1) is 5.20. The Hall–Kier alpha value is 0.610. The molecule has 0 aromatic heterocycles. The molecule has 2 rings (SSSR count). The average Bonchev–Trinajstić information content (AvgIpc) is 2.68. The van der Waals surface area contributed by atoms with E-state index < -0.39 is 5.66 Å². The lowest BCUT2D eigenvalue weighted by Gasteiger charge is -2.06. The second kappa shape index (κ2) is 2.55. The van der Waals surface area contributed by atoms with Gasteiger partial charge in [0, 0.05) is 17.2 Å². The van der Waals surface area contributed by atoms with Crippen LogP contribution in [-0.2, 0) is 0 Å². The van der Waals surface area contributed by atoms with E-state index in [-0.39, 0.29) is 11.3 Å². The largest absolute Gasteiger partial charge is 0.289 e. The number of alkyl halides is 1. The van der Waals surface area contributed by atoms with Crippen LogP contribution in [0.5, 0.6) is 0 Å². The Morgan fingerprint density at radius 1 is 1.91 bits per heavy atom. The summed E-state index contributed by atoms with van der Waals surface area (Å²) in [4.78, 5) is 1.90. The number of piperazine rings is 1. The predicted molar refractivity (Wildman–Crippen MR) is 50.3 cm³/mol. The molecule has 11 heavy (non-hydrogen) atoms. The molecule has 5 heteroatoms. The van der Waals surface area contributed by atoms with Crippen molar-refractivity contribution in [2.24, 2.45) is 0 Å². The summed E-state index contributed by atoms with van der Waals surface area (Å²) < 4.78 is 14.6. The van der Waals surface area contributed by atoms with E-state index in [1.165, 1.54) is 4.08 Å². The molecule has 2 nitrogen and oxygen atoms in total. The summed E-state index contributed by atoms with van der Waals surface area (Å²) in [7, 11) is 0. The van der Waals surface area contributed by atoms with Gasteiger partial charge >= 0.3 is 0 Å². The van der Waals surface area contributed by atoms with Crippen LogP contribution in [0.3, 0.4) is 0 Å². The van der Waals surface area contributed by atoms with Crippen LogP contribution < -0.4 is 5.32 Å². The molecule has 1 N–H and O–H groups in total. The molecule has 0 radical (unpaired) electrons. The zero-order valence-corrected chi connectivity index (χ0v) is 8.56. The molecule has 0 spiro atoms. The third kappa shape index (κ3) is 1.03. The van der Waals surface area contributed by atoms with Crippen LogP contribution in [0.2, 0.25) is 0 Å². The summed E-state index contributed by atoms with van der Waals surface area (Å²) in [5, 5.41) is 3.05. The van der Waals surface area contributed by atoms with Crippen molar-refractivity contribution in [3.63, 3.8) is 0 Å². The molecule has 2 saturated heterocycles. The normalized spacial score (nSPS) is 49.2. The first-order valence-electron chi connectivity index (χ1n) is 3.33. The molecule has 3 atom stereocenters. The summed E-state index contributed by atoms with van der Waals surface area (Å²) in [6.07, 6.45) is 0. The van der Waals surface area contributed by atoms with Gasteiger partial charge in [-0.1, -0.05) is 22.6 Å². The number of rotatable bonds is 1. The molecule has 2 aliphatic rings. The smallest absolute Gasteiger partial charge is 0.142 e. The lowest BCUT2D eigenvalue weighted by Crippen LogP contribution is -2.30. The SMILES string of the molecule is F/C(=C\I)C12CN1C(Cl)CN2. The molecule has 2 fully saturated rings. The van der Waals surface area contributed by atoms with Crippen molar-refractivity contribution in [3.05, 3.63) is 9.91 Å². The Morgan fingerprint density at radius 2 is 2.64 bits per heavy atom. The summed E-state index contributed by atoms with van der Waals surface area (Å²) in [6, 6.07) is 0. The highest BCUT2D eigenvalue weighted by atomic mass is 127. The van der Waals surface area contributed by atoms with Crippen molar-refractivity contribution in [2.45, 2.75) is 11.2 Å². The van der Waals surface area contributed by atoms with Crippen LogP contribution >= 0.6 is 34.2 Å². The Kier molecular flexibility index (Phi) is 1.90. The third-order valence-corrected chi connectivity index (χ3v) is 3.11. The molecule has 0 aromatic rings. The zero-order valence-electron chi connectivity index (χ0n) is 5.65. The maximum Gasteiger partial charge on any atom is 0.142 e. The molecule has 0 bridgehead atoms. The van der Waals surface area contributed by atoms with Crippen LogP contribution in [-0.4, -0.2) is 29.2 Å². The summed E-state index contributed by atoms with van der Waals surface area (Å²) in [5.41, 5.74) is -0.565. The molecule has 0 aliphatic carbocycles. The molecule has 2 heterocycles. The fourth-order valence-electron chi connectivity index (χ4n) is 1.46. The van der Waals surface area contributed by atoms with E-state index >= 15 is 0 Å². The van der Waals surface area contributed by atoms with Gasteiger partial charge in [0.1, 0.15) is 11.5 Å². The van der Waals surface area contributed by atoms with E-state index in [0.717, 1.165) is 0 Å². The standard InChI is InChI=1S/C6H7ClFIN2/c7-5-2-10-6(3-11(5)6)4(8)1-9/h1,5,10H,2-3H2/b4-1-. The van der Waals surface area contributed by atoms with E-state index in [2.05, 4.69) is 5.32 Å². The van der Waals surface area contributed by atoms with Crippen LogP contribution in [0.4, 0.5) is 4.39 Å². The number of nitrogens with one attached hydrogen (secondary N) is 1. The fourth-order valence-corrected chi connectivity index (χ4v) is 2.29. The fraction of sp³-hybridized carbons (Fsp3) is 0.667. The molecule has 2 aliphatic heterocycles. The Bertz CT molecular complexity index is 223. The van der Waals surface area contributed by atoms with Crippen molar-refractivity contribution in [2.75, 3.05) is 13.1 Å². The van der Waals surface area contributed by atoms with Gasteiger partial charge in [0.05, 0.1) is 5.50 Å². The van der Waals surface area contributed by atoms with E-state index in [1.807, 2.05) is 27.5 Å². The van der Waals surface area contributed by atoms with Crippen LogP contribution in [0, 0.1) is 0 Å².